The lowest BCUT2D eigenvalue weighted by atomic mass is 9.67. The van der Waals surface area contributed by atoms with E-state index < -0.39 is 72.7 Å². The molecule has 0 bridgehead atoms. The second-order valence-corrected chi connectivity index (χ2v) is 14.6. The molecule has 2 fully saturated rings. The van der Waals surface area contributed by atoms with Crippen LogP contribution in [0.4, 0.5) is 8.78 Å². The lowest BCUT2D eigenvalue weighted by Gasteiger charge is -2.46. The van der Waals surface area contributed by atoms with E-state index in [-0.39, 0.29) is 12.8 Å². The van der Waals surface area contributed by atoms with E-state index in [1.807, 2.05) is 0 Å². The number of hydrogen-bond donors (Lipinski definition) is 2. The Morgan fingerprint density at radius 2 is 1.74 bits per heavy atom. The summed E-state index contributed by atoms with van der Waals surface area (Å²) in [5.74, 6) is -4.73. The fourth-order valence-electron chi connectivity index (χ4n) is 6.43. The van der Waals surface area contributed by atoms with E-state index in [0.29, 0.717) is 40.1 Å². The molecule has 2 aliphatic rings. The van der Waals surface area contributed by atoms with Gasteiger partial charge < -0.3 is 10.4 Å². The van der Waals surface area contributed by atoms with Gasteiger partial charge >= 0.3 is 5.97 Å². The van der Waals surface area contributed by atoms with Crippen molar-refractivity contribution in [2.75, 3.05) is 0 Å². The number of aliphatic carboxylic acids is 1. The standard InChI is InChI=1S/C31H29Cl2F2NO5S/c1-30(17-28(37)38)15-24(18-3-2-4-22(33)13-18)26(36-29(30)39)16-31(19-5-6-19,20-7-9-21(32)10-8-20)42(40,41)27-12-11-23(34)14-25(27)35/h2-4,7-14,19,24,26H,5-6,15-17H2,1H3,(H,36,39)(H,37,38)/t24-,26+,30+,31+/m1/s1. The number of sulfone groups is 1. The average Bonchev–Trinajstić information content (AvgIpc) is 3.75. The molecule has 4 atom stereocenters. The second kappa shape index (κ2) is 11.2. The topological polar surface area (TPSA) is 101 Å². The Bertz CT molecular complexity index is 1650. The fraction of sp³-hybridized carbons (Fsp3) is 0.355. The first kappa shape index (κ1) is 30.4. The molecule has 11 heteroatoms. The molecule has 6 nitrogen and oxygen atoms in total. The molecule has 0 radical (unpaired) electrons. The average molecular weight is 637 g/mol. The number of amides is 1. The van der Waals surface area contributed by atoms with Crippen LogP contribution in [0.15, 0.2) is 71.6 Å². The zero-order valence-corrected chi connectivity index (χ0v) is 24.9. The number of carboxylic acid groups (broad SMARTS) is 1. The number of carboxylic acids is 1. The van der Waals surface area contributed by atoms with Crippen molar-refractivity contribution in [1.82, 2.24) is 5.32 Å². The molecule has 0 spiro atoms. The van der Waals surface area contributed by atoms with Gasteiger partial charge in [0.05, 0.1) is 11.8 Å². The zero-order valence-electron chi connectivity index (χ0n) is 22.6. The second-order valence-electron chi connectivity index (χ2n) is 11.5. The molecular weight excluding hydrogens is 607 g/mol. The van der Waals surface area contributed by atoms with Crippen LogP contribution in [0.25, 0.3) is 0 Å². The summed E-state index contributed by atoms with van der Waals surface area (Å²) < 4.78 is 56.7. The lowest BCUT2D eigenvalue weighted by molar-refractivity contribution is -0.147. The molecule has 5 rings (SSSR count). The molecule has 0 unspecified atom stereocenters. The SMILES string of the molecule is C[C@@]1(CC(=O)O)C[C@H](c2cccc(Cl)c2)[C@H](C[C@@](c2ccc(Cl)cc2)(C2CC2)S(=O)(=O)c2ccc(F)cc2F)NC1=O. The first-order chi connectivity index (χ1) is 19.8. The summed E-state index contributed by atoms with van der Waals surface area (Å²) in [7, 11) is -4.55. The molecule has 3 aromatic rings. The molecule has 1 heterocycles. The van der Waals surface area contributed by atoms with Crippen LogP contribution in [0.3, 0.4) is 0 Å². The number of benzene rings is 3. The van der Waals surface area contributed by atoms with Gasteiger partial charge in [0, 0.05) is 28.1 Å². The molecule has 3 aromatic carbocycles. The number of rotatable bonds is 9. The minimum absolute atomic E-state index is 0.114. The van der Waals surface area contributed by atoms with Gasteiger partial charge in [0.2, 0.25) is 5.91 Å². The van der Waals surface area contributed by atoms with Crippen LogP contribution < -0.4 is 5.32 Å². The van der Waals surface area contributed by atoms with Crippen molar-refractivity contribution < 1.29 is 31.9 Å². The highest BCUT2D eigenvalue weighted by Crippen LogP contribution is 2.57. The van der Waals surface area contributed by atoms with Gasteiger partial charge in [0.1, 0.15) is 21.3 Å². The quantitative estimate of drug-likeness (QED) is 0.249. The highest BCUT2D eigenvalue weighted by Gasteiger charge is 2.59. The summed E-state index contributed by atoms with van der Waals surface area (Å²) in [5.41, 5.74) is -0.203. The number of carbonyl (C=O) groups is 2. The maximum absolute atomic E-state index is 15.2. The van der Waals surface area contributed by atoms with Crippen LogP contribution in [0, 0.1) is 23.0 Å². The van der Waals surface area contributed by atoms with Crippen LogP contribution in [-0.2, 0) is 24.2 Å². The van der Waals surface area contributed by atoms with Gasteiger partial charge in [-0.1, -0.05) is 54.4 Å². The first-order valence-corrected chi connectivity index (χ1v) is 15.7. The third-order valence-electron chi connectivity index (χ3n) is 8.59. The Hall–Kier alpha value is -3.01. The summed E-state index contributed by atoms with van der Waals surface area (Å²) in [6.45, 7) is 1.57. The van der Waals surface area contributed by atoms with Crippen LogP contribution in [0.5, 0.6) is 0 Å². The third-order valence-corrected chi connectivity index (χ3v) is 11.7. The first-order valence-electron chi connectivity index (χ1n) is 13.5. The van der Waals surface area contributed by atoms with Gasteiger partial charge in [-0.15, -0.1) is 0 Å². The van der Waals surface area contributed by atoms with Gasteiger partial charge in [-0.05, 0) is 79.1 Å². The van der Waals surface area contributed by atoms with E-state index >= 15 is 4.39 Å². The molecule has 1 amide bonds. The Morgan fingerprint density at radius 1 is 1.05 bits per heavy atom. The van der Waals surface area contributed by atoms with Crippen molar-refractivity contribution in [3.05, 3.63) is 99.5 Å². The molecule has 222 valence electrons. The molecule has 1 saturated carbocycles. The minimum atomic E-state index is -4.55. The van der Waals surface area contributed by atoms with Gasteiger partial charge in [0.15, 0.2) is 9.84 Å². The number of piperidine rings is 1. The van der Waals surface area contributed by atoms with Crippen molar-refractivity contribution >= 4 is 44.9 Å². The number of carbonyl (C=O) groups excluding carboxylic acids is 1. The normalized spacial score (nSPS) is 24.1. The number of hydrogen-bond acceptors (Lipinski definition) is 4. The maximum atomic E-state index is 15.2. The Morgan fingerprint density at radius 3 is 2.33 bits per heavy atom. The van der Waals surface area contributed by atoms with Crippen molar-refractivity contribution in [3.63, 3.8) is 0 Å². The highest BCUT2D eigenvalue weighted by atomic mass is 35.5. The fourth-order valence-corrected chi connectivity index (χ4v) is 9.23. The number of halogens is 4. The zero-order chi connectivity index (χ0) is 30.4. The Kier molecular flexibility index (Phi) is 8.15. The summed E-state index contributed by atoms with van der Waals surface area (Å²) in [6, 6.07) is 14.8. The van der Waals surface area contributed by atoms with Crippen LogP contribution in [0.2, 0.25) is 10.0 Å². The molecule has 1 aliphatic carbocycles. The van der Waals surface area contributed by atoms with Crippen LogP contribution >= 0.6 is 23.2 Å². The van der Waals surface area contributed by atoms with Crippen molar-refractivity contribution in [2.45, 2.75) is 60.6 Å². The Labute approximate surface area is 253 Å². The van der Waals surface area contributed by atoms with E-state index in [1.165, 1.54) is 0 Å². The summed E-state index contributed by atoms with van der Waals surface area (Å²) in [5, 5.41) is 13.3. The molecule has 42 heavy (non-hydrogen) atoms. The van der Waals surface area contributed by atoms with E-state index in [1.54, 1.807) is 55.5 Å². The van der Waals surface area contributed by atoms with Crippen LogP contribution in [0.1, 0.15) is 56.1 Å². The van der Waals surface area contributed by atoms with E-state index in [4.69, 9.17) is 23.2 Å². The molecule has 0 aromatic heterocycles. The summed E-state index contributed by atoms with van der Waals surface area (Å²) in [6.07, 6.45) is 0.605. The summed E-state index contributed by atoms with van der Waals surface area (Å²) in [4.78, 5) is 24.6. The molecule has 2 N–H and O–H groups in total. The predicted molar refractivity (Wildman–Crippen MR) is 155 cm³/mol. The highest BCUT2D eigenvalue weighted by molar-refractivity contribution is 7.92. The van der Waals surface area contributed by atoms with Crippen molar-refractivity contribution in [2.24, 2.45) is 11.3 Å². The van der Waals surface area contributed by atoms with Gasteiger partial charge in [-0.2, -0.15) is 0 Å². The van der Waals surface area contributed by atoms with Crippen molar-refractivity contribution in [1.29, 1.82) is 0 Å². The minimum Gasteiger partial charge on any atom is -0.481 e. The number of nitrogens with one attached hydrogen (secondary N) is 1. The maximum Gasteiger partial charge on any atom is 0.304 e. The van der Waals surface area contributed by atoms with Crippen LogP contribution in [-0.4, -0.2) is 31.4 Å². The molecule has 1 saturated heterocycles. The predicted octanol–water partition coefficient (Wildman–Crippen LogP) is 6.89. The third kappa shape index (κ3) is 5.54. The van der Waals surface area contributed by atoms with E-state index in [0.717, 1.165) is 12.1 Å². The molecule has 1 aliphatic heterocycles. The largest absolute Gasteiger partial charge is 0.481 e. The molecular formula is C31H29Cl2F2NO5S. The van der Waals surface area contributed by atoms with E-state index in [2.05, 4.69) is 5.32 Å². The van der Waals surface area contributed by atoms with Gasteiger partial charge in [-0.3, -0.25) is 9.59 Å². The smallest absolute Gasteiger partial charge is 0.304 e. The monoisotopic (exact) mass is 635 g/mol. The summed E-state index contributed by atoms with van der Waals surface area (Å²) >= 11 is 12.5. The van der Waals surface area contributed by atoms with Crippen molar-refractivity contribution in [3.8, 4) is 0 Å². The van der Waals surface area contributed by atoms with Gasteiger partial charge in [0.25, 0.3) is 0 Å². The lowest BCUT2D eigenvalue weighted by Crippen LogP contribution is -2.57. The van der Waals surface area contributed by atoms with Gasteiger partial charge in [-0.25, -0.2) is 17.2 Å². The Balaban J connectivity index is 1.70. The van der Waals surface area contributed by atoms with E-state index in [9.17, 15) is 27.5 Å².